The maximum Gasteiger partial charge on any atom is 0.359 e. The predicted molar refractivity (Wildman–Crippen MR) is 283 cm³/mol. The first kappa shape index (κ1) is 59.2. The Labute approximate surface area is 476 Å². The molecule has 31 nitrogen and oxygen atoms in total. The van der Waals surface area contributed by atoms with Crippen LogP contribution in [0.15, 0.2) is 76.2 Å². The standard InChI is InChI=1S/C48H52N14O17S3/c1-4-59-14-16-61(40(68)38(59)66)46(76)53-28(22-6-10-26(63)11-7-22)34(64)50-33(43(72)73)37-52-31(25(20-81-37)21-82-48-55-56-57-58(48)3)45(75)79-27-12-8-23(9-13-27)29(54-47(77)62-17-15-60(5-2)39(67)41(62)69)35(65)49-32(42(70)71)36-51-30-24(19-80-36)18-78-44(30)74/h6-13,28-29,32-33,36-37,51-52,63H,4-5,14-21H2,1-3H3,(H,49,65)(H,50,64)(H,53,76)(H,54,77)(H,70,71)(H,72,73)/t28-,29-,32?,33+,36?,37-/m1/s1. The number of carboxylic acid groups (broad SMARTS) is 2. The van der Waals surface area contributed by atoms with Crippen molar-refractivity contribution in [2.75, 3.05) is 63.1 Å². The summed E-state index contributed by atoms with van der Waals surface area (Å²) in [5.41, 5.74) is 0.731. The third-order valence-corrected chi connectivity index (χ3v) is 16.8. The minimum Gasteiger partial charge on any atom is -0.508 e. The van der Waals surface area contributed by atoms with Crippen LogP contribution in [0.3, 0.4) is 0 Å². The summed E-state index contributed by atoms with van der Waals surface area (Å²) in [5, 5.41) is 55.5. The van der Waals surface area contributed by atoms with Crippen LogP contribution < -0.4 is 36.6 Å². The van der Waals surface area contributed by atoms with Crippen molar-refractivity contribution in [3.8, 4) is 11.5 Å². The number of carbonyl (C=O) groups is 12. The molecule has 6 atom stereocenters. The Hall–Kier alpha value is -8.92. The first-order valence-electron chi connectivity index (χ1n) is 24.9. The van der Waals surface area contributed by atoms with Crippen LogP contribution in [0.4, 0.5) is 9.59 Å². The number of urea groups is 2. The number of tetrazole rings is 1. The molecule has 5 aliphatic heterocycles. The van der Waals surface area contributed by atoms with Crippen molar-refractivity contribution in [3.63, 3.8) is 0 Å². The van der Waals surface area contributed by atoms with Gasteiger partial charge in [0.25, 0.3) is 0 Å². The molecule has 5 aliphatic rings. The number of cyclic esters (lactones) is 1. The van der Waals surface area contributed by atoms with E-state index in [-0.39, 0.29) is 97.2 Å². The van der Waals surface area contributed by atoms with E-state index >= 15 is 0 Å². The lowest BCUT2D eigenvalue weighted by Gasteiger charge is -2.34. The number of ether oxygens (including phenoxy) is 2. The highest BCUT2D eigenvalue weighted by Gasteiger charge is 2.43. The number of esters is 2. The summed E-state index contributed by atoms with van der Waals surface area (Å²) >= 11 is 3.14. The minimum absolute atomic E-state index is 0.00256. The molecule has 0 radical (unpaired) electrons. The molecule has 3 aromatic rings. The van der Waals surface area contributed by atoms with Crippen molar-refractivity contribution in [1.29, 1.82) is 0 Å². The third-order valence-electron chi connectivity index (χ3n) is 13.2. The molecule has 8 rings (SSSR count). The van der Waals surface area contributed by atoms with Crippen LogP contribution in [-0.4, -0.2) is 212 Å². The number of hydrogen-bond donors (Lipinski definition) is 9. The molecule has 1 aromatic heterocycles. The van der Waals surface area contributed by atoms with Gasteiger partial charge in [-0.1, -0.05) is 36.0 Å². The van der Waals surface area contributed by atoms with Crippen molar-refractivity contribution in [1.82, 2.24) is 71.7 Å². The molecule has 2 fully saturated rings. The molecule has 2 aromatic carbocycles. The molecule has 2 saturated heterocycles. The molecule has 2 unspecified atom stereocenters. The first-order valence-corrected chi connectivity index (χ1v) is 28.0. The number of benzene rings is 2. The Balaban J connectivity index is 1.03. The maximum absolute atomic E-state index is 14.4. The molecule has 0 spiro atoms. The number of nitrogens with zero attached hydrogens (tertiary/aromatic N) is 8. The number of aromatic hydroxyl groups is 1. The minimum atomic E-state index is -1.87. The van der Waals surface area contributed by atoms with E-state index < -0.39 is 106 Å². The summed E-state index contributed by atoms with van der Waals surface area (Å²) in [7, 11) is 1.57. The van der Waals surface area contributed by atoms with Crippen LogP contribution in [0, 0.1) is 0 Å². The number of rotatable bonds is 19. The van der Waals surface area contributed by atoms with Gasteiger partial charge in [-0.25, -0.2) is 33.4 Å². The molecule has 34 heteroatoms. The van der Waals surface area contributed by atoms with E-state index in [1.807, 2.05) is 0 Å². The molecule has 9 N–H and O–H groups in total. The molecule has 10 amide bonds. The number of piperazine rings is 2. The van der Waals surface area contributed by atoms with Gasteiger partial charge in [0.1, 0.15) is 52.3 Å². The number of carbonyl (C=O) groups excluding carboxylic acids is 10. The van der Waals surface area contributed by atoms with E-state index in [1.165, 1.54) is 63.0 Å². The number of phenolic OH excluding ortho intramolecular Hbond substituents is 1. The van der Waals surface area contributed by atoms with E-state index in [9.17, 15) is 72.9 Å². The lowest BCUT2D eigenvalue weighted by molar-refractivity contribution is -0.153. The molecule has 0 aliphatic carbocycles. The van der Waals surface area contributed by atoms with Gasteiger partial charge in [0, 0.05) is 69.1 Å². The second-order valence-electron chi connectivity index (χ2n) is 18.3. The number of aliphatic carboxylic acids is 2. The fraction of sp³-hybridized carbons (Fsp3) is 0.396. The van der Waals surface area contributed by atoms with Crippen LogP contribution >= 0.6 is 35.3 Å². The molecular formula is C48H52N14O17S3. The summed E-state index contributed by atoms with van der Waals surface area (Å²) < 4.78 is 12.2. The Kier molecular flexibility index (Phi) is 18.5. The molecular weight excluding hydrogens is 1140 g/mol. The van der Waals surface area contributed by atoms with Gasteiger partial charge in [0.2, 0.25) is 17.0 Å². The number of aromatic nitrogens is 4. The zero-order chi connectivity index (χ0) is 59.1. The Morgan fingerprint density at radius 2 is 1.23 bits per heavy atom. The van der Waals surface area contributed by atoms with Crippen LogP contribution in [0.5, 0.6) is 11.5 Å². The first-order chi connectivity index (χ1) is 39.2. The maximum atomic E-state index is 14.4. The van der Waals surface area contributed by atoms with Crippen LogP contribution in [0.2, 0.25) is 0 Å². The summed E-state index contributed by atoms with van der Waals surface area (Å²) in [6.45, 7) is 3.20. The Morgan fingerprint density at radius 1 is 0.720 bits per heavy atom. The molecule has 0 saturated carbocycles. The van der Waals surface area contributed by atoms with Gasteiger partial charge in [-0.3, -0.25) is 38.6 Å². The van der Waals surface area contributed by atoms with Crippen LogP contribution in [-0.2, 0) is 59.7 Å². The fourth-order valence-electron chi connectivity index (χ4n) is 8.71. The van der Waals surface area contributed by atoms with Crippen molar-refractivity contribution in [2.24, 2.45) is 7.05 Å². The smallest absolute Gasteiger partial charge is 0.359 e. The van der Waals surface area contributed by atoms with Gasteiger partial charge >= 0.3 is 59.6 Å². The van der Waals surface area contributed by atoms with Crippen molar-refractivity contribution < 1.29 is 82.3 Å². The summed E-state index contributed by atoms with van der Waals surface area (Å²) in [6, 6.07) is 0.428. The third kappa shape index (κ3) is 13.1. The normalized spacial score (nSPS) is 19.7. The van der Waals surface area contributed by atoms with E-state index in [0.29, 0.717) is 26.1 Å². The van der Waals surface area contributed by atoms with E-state index in [2.05, 4.69) is 47.4 Å². The van der Waals surface area contributed by atoms with Crippen molar-refractivity contribution >= 4 is 107 Å². The lowest BCUT2D eigenvalue weighted by Crippen LogP contribution is -2.60. The number of thioether (sulfide) groups is 3. The topological polar surface area (TPSA) is 413 Å². The SMILES string of the molecule is CCN1CCN(C(=O)N[C@@H](C(=O)NC(C(=O)O)C2NC3=C(COC3=O)CS2)c2ccc(OC(=O)C3=C(CSc4nnnn4C)CS[C@H]([C@H](NC(=O)[C@H](NC(=O)N4CCN(CC)C(=O)C4=O)c4ccc(O)cc4)C(=O)O)N3)cc2)C(=O)C1=O. The highest BCUT2D eigenvalue weighted by atomic mass is 32.2. The molecule has 434 valence electrons. The number of imide groups is 2. The van der Waals surface area contributed by atoms with E-state index in [1.54, 1.807) is 20.9 Å². The summed E-state index contributed by atoms with van der Waals surface area (Å²) in [4.78, 5) is 163. The van der Waals surface area contributed by atoms with Gasteiger partial charge in [-0.2, -0.15) is 0 Å². The number of amides is 10. The average Bonchev–Trinajstić information content (AvgIpc) is 4.07. The number of hydrogen-bond acceptors (Lipinski definition) is 23. The molecule has 0 bridgehead atoms. The van der Waals surface area contributed by atoms with Gasteiger partial charge in [0.15, 0.2) is 12.1 Å². The highest BCUT2D eigenvalue weighted by molar-refractivity contribution is 8.01. The Morgan fingerprint density at radius 3 is 1.73 bits per heavy atom. The van der Waals surface area contributed by atoms with Crippen LogP contribution in [0.25, 0.3) is 0 Å². The second kappa shape index (κ2) is 25.7. The molecule has 82 heavy (non-hydrogen) atoms. The van der Waals surface area contributed by atoms with E-state index in [4.69, 9.17) is 9.47 Å². The monoisotopic (exact) mass is 1190 g/mol. The zero-order valence-electron chi connectivity index (χ0n) is 43.5. The highest BCUT2D eigenvalue weighted by Crippen LogP contribution is 2.32. The van der Waals surface area contributed by atoms with Gasteiger partial charge in [0.05, 0.1) is 0 Å². The van der Waals surface area contributed by atoms with Crippen molar-refractivity contribution in [2.45, 2.75) is 53.9 Å². The van der Waals surface area contributed by atoms with Crippen molar-refractivity contribution in [3.05, 3.63) is 82.2 Å². The number of carboxylic acids is 2. The van der Waals surface area contributed by atoms with E-state index in [0.717, 1.165) is 35.3 Å². The zero-order valence-corrected chi connectivity index (χ0v) is 46.0. The number of phenols is 1. The van der Waals surface area contributed by atoms with Gasteiger partial charge in [-0.05, 0) is 65.2 Å². The number of aryl methyl sites for hydroxylation is 1. The second-order valence-corrected chi connectivity index (χ2v) is 21.5. The fourth-order valence-corrected chi connectivity index (χ4v) is 12.1. The van der Waals surface area contributed by atoms with Gasteiger partial charge < -0.3 is 66.5 Å². The lowest BCUT2D eigenvalue weighted by atomic mass is 10.0. The average molecular weight is 1190 g/mol. The quantitative estimate of drug-likeness (QED) is 0.0264. The molecule has 6 heterocycles. The van der Waals surface area contributed by atoms with Crippen LogP contribution in [0.1, 0.15) is 37.1 Å². The number of likely N-dealkylation sites (N-methyl/N-ethyl adjacent to an activating group) is 2. The number of nitrogens with one attached hydrogen (secondary N) is 6. The summed E-state index contributed by atoms with van der Waals surface area (Å²) in [5.74, 6) is -11.6. The van der Waals surface area contributed by atoms with Gasteiger partial charge in [-0.15, -0.1) is 28.6 Å². The predicted octanol–water partition coefficient (Wildman–Crippen LogP) is -2.27. The summed E-state index contributed by atoms with van der Waals surface area (Å²) in [6.07, 6.45) is 0. The Bertz CT molecular complexity index is 3180. The largest absolute Gasteiger partial charge is 0.508 e.